The number of nitrogens with zero attached hydrogens (tertiary/aromatic N) is 1. The number of para-hydroxylation sites is 1. The van der Waals surface area contributed by atoms with Crippen molar-refractivity contribution in [2.24, 2.45) is 0 Å². The van der Waals surface area contributed by atoms with E-state index in [2.05, 4.69) is 0 Å². The number of rotatable bonds is 3. The number of carbonyl (C=O) groups is 1. The Bertz CT molecular complexity index is 904. The number of hydrogen-bond acceptors (Lipinski definition) is 2. The van der Waals surface area contributed by atoms with Gasteiger partial charge in [-0.25, -0.2) is 26.3 Å². The first kappa shape index (κ1) is 18.1. The zero-order valence-electron chi connectivity index (χ0n) is 12.0. The highest BCUT2D eigenvalue weighted by Gasteiger charge is 2.25. The molecule has 0 saturated heterocycles. The predicted octanol–water partition coefficient (Wildman–Crippen LogP) is 4.07. The Morgan fingerprint density at radius 3 is 1.96 bits per heavy atom. The van der Waals surface area contributed by atoms with Gasteiger partial charge in [0.2, 0.25) is 5.82 Å². The molecule has 0 heterocycles. The molecular formula is C16H6F6N2O. The number of nitrogens with one attached hydrogen (secondary N) is 1. The Balaban J connectivity index is 2.47. The molecule has 0 atom stereocenters. The lowest BCUT2D eigenvalue weighted by Crippen LogP contribution is -2.15. The second-order valence-corrected chi connectivity index (χ2v) is 4.59. The summed E-state index contributed by atoms with van der Waals surface area (Å²) in [7, 11) is 0. The maximum atomic E-state index is 13.6. The second kappa shape index (κ2) is 7.09. The minimum Gasteiger partial charge on any atom is -0.319 e. The van der Waals surface area contributed by atoms with E-state index in [9.17, 15) is 31.1 Å². The van der Waals surface area contributed by atoms with Crippen LogP contribution in [0.2, 0.25) is 0 Å². The third kappa shape index (κ3) is 3.47. The Morgan fingerprint density at radius 1 is 0.920 bits per heavy atom. The molecule has 2 aromatic carbocycles. The van der Waals surface area contributed by atoms with E-state index in [4.69, 9.17) is 5.26 Å². The third-order valence-corrected chi connectivity index (χ3v) is 3.02. The van der Waals surface area contributed by atoms with Gasteiger partial charge in [0.15, 0.2) is 23.3 Å². The van der Waals surface area contributed by atoms with E-state index >= 15 is 0 Å². The van der Waals surface area contributed by atoms with Gasteiger partial charge in [-0.05, 0) is 18.2 Å². The fourth-order valence-electron chi connectivity index (χ4n) is 1.79. The van der Waals surface area contributed by atoms with Crippen molar-refractivity contribution in [2.45, 2.75) is 0 Å². The van der Waals surface area contributed by atoms with Crippen LogP contribution in [0.5, 0.6) is 0 Å². The SMILES string of the molecule is N#C/C(=C\c1c(F)c(F)c(F)c(F)c1F)C(=O)Nc1ccccc1F. The van der Waals surface area contributed by atoms with Crippen LogP contribution in [0.3, 0.4) is 0 Å². The molecule has 9 heteroatoms. The van der Waals surface area contributed by atoms with Crippen LogP contribution in [0, 0.1) is 46.2 Å². The fourth-order valence-corrected chi connectivity index (χ4v) is 1.79. The highest BCUT2D eigenvalue weighted by Crippen LogP contribution is 2.25. The van der Waals surface area contributed by atoms with Gasteiger partial charge in [0, 0.05) is 0 Å². The van der Waals surface area contributed by atoms with Crippen molar-refractivity contribution in [3.8, 4) is 6.07 Å². The standard InChI is InChI=1S/C16H6F6N2O/c17-9-3-1-2-4-10(9)24-16(25)7(6-23)5-8-11(18)13(20)15(22)14(21)12(8)19/h1-5H,(H,24,25)/b7-5+. The van der Waals surface area contributed by atoms with Crippen molar-refractivity contribution in [1.29, 1.82) is 5.26 Å². The number of amides is 1. The molecule has 1 amide bonds. The molecule has 0 aliphatic heterocycles. The Kier molecular flexibility index (Phi) is 5.12. The lowest BCUT2D eigenvalue weighted by Gasteiger charge is -2.07. The van der Waals surface area contributed by atoms with Crippen LogP contribution in [0.1, 0.15) is 5.56 Å². The monoisotopic (exact) mass is 356 g/mol. The highest BCUT2D eigenvalue weighted by molar-refractivity contribution is 6.09. The first-order chi connectivity index (χ1) is 11.8. The maximum Gasteiger partial charge on any atom is 0.266 e. The van der Waals surface area contributed by atoms with E-state index in [1.807, 2.05) is 5.32 Å². The summed E-state index contributed by atoms with van der Waals surface area (Å²) in [6.45, 7) is 0. The fraction of sp³-hybridized carbons (Fsp3) is 0. The first-order valence-corrected chi connectivity index (χ1v) is 6.47. The quantitative estimate of drug-likeness (QED) is 0.296. The lowest BCUT2D eigenvalue weighted by molar-refractivity contribution is -0.112. The zero-order chi connectivity index (χ0) is 18.7. The largest absolute Gasteiger partial charge is 0.319 e. The molecule has 0 bridgehead atoms. The van der Waals surface area contributed by atoms with Crippen molar-refractivity contribution in [3.63, 3.8) is 0 Å². The summed E-state index contributed by atoms with van der Waals surface area (Å²) in [5.41, 5.74) is -2.80. The number of hydrogen-bond donors (Lipinski definition) is 1. The van der Waals surface area contributed by atoms with Crippen LogP contribution in [0.15, 0.2) is 29.8 Å². The van der Waals surface area contributed by atoms with Crippen LogP contribution >= 0.6 is 0 Å². The number of anilines is 1. The Morgan fingerprint density at radius 2 is 1.44 bits per heavy atom. The molecule has 0 aliphatic carbocycles. The summed E-state index contributed by atoms with van der Waals surface area (Å²) in [6, 6.07) is 6.07. The van der Waals surface area contributed by atoms with Crippen LogP contribution in [-0.4, -0.2) is 5.91 Å². The van der Waals surface area contributed by atoms with E-state index in [0.29, 0.717) is 0 Å². The molecular weight excluding hydrogens is 350 g/mol. The molecule has 0 saturated carbocycles. The number of halogens is 6. The molecule has 0 aliphatic rings. The van der Waals surface area contributed by atoms with E-state index < -0.39 is 51.9 Å². The van der Waals surface area contributed by atoms with E-state index in [-0.39, 0.29) is 11.8 Å². The smallest absolute Gasteiger partial charge is 0.266 e. The van der Waals surface area contributed by atoms with Gasteiger partial charge in [-0.1, -0.05) is 12.1 Å². The molecule has 0 aromatic heterocycles. The zero-order valence-corrected chi connectivity index (χ0v) is 12.0. The lowest BCUT2D eigenvalue weighted by atomic mass is 10.1. The summed E-state index contributed by atoms with van der Waals surface area (Å²) in [5.74, 6) is -13.4. The van der Waals surface area contributed by atoms with Gasteiger partial charge in [-0.3, -0.25) is 4.79 Å². The highest BCUT2D eigenvalue weighted by atomic mass is 19.2. The van der Waals surface area contributed by atoms with Crippen molar-refractivity contribution in [2.75, 3.05) is 5.32 Å². The number of carbonyl (C=O) groups excluding carboxylic acids is 1. The van der Waals surface area contributed by atoms with Crippen LogP contribution in [-0.2, 0) is 4.79 Å². The predicted molar refractivity (Wildman–Crippen MR) is 74.9 cm³/mol. The molecule has 2 rings (SSSR count). The molecule has 0 unspecified atom stereocenters. The number of nitriles is 1. The Labute approximate surface area is 136 Å². The summed E-state index contributed by atoms with van der Waals surface area (Å²) < 4.78 is 79.9. The topological polar surface area (TPSA) is 52.9 Å². The molecule has 25 heavy (non-hydrogen) atoms. The van der Waals surface area contributed by atoms with Gasteiger partial charge < -0.3 is 5.32 Å². The third-order valence-electron chi connectivity index (χ3n) is 3.02. The molecule has 0 fully saturated rings. The summed E-state index contributed by atoms with van der Waals surface area (Å²) in [5, 5.41) is 10.9. The van der Waals surface area contributed by atoms with Crippen molar-refractivity contribution in [3.05, 3.63) is 70.3 Å². The normalized spacial score (nSPS) is 11.2. The first-order valence-electron chi connectivity index (χ1n) is 6.47. The van der Waals surface area contributed by atoms with Crippen molar-refractivity contribution >= 4 is 17.7 Å². The summed E-state index contributed by atoms with van der Waals surface area (Å²) >= 11 is 0. The van der Waals surface area contributed by atoms with E-state index in [1.54, 1.807) is 0 Å². The minimum absolute atomic E-state index is 0.187. The molecule has 0 radical (unpaired) electrons. The van der Waals surface area contributed by atoms with Gasteiger partial charge in [0.25, 0.3) is 5.91 Å². The Hall–Kier alpha value is -3.28. The van der Waals surface area contributed by atoms with Gasteiger partial charge in [0.1, 0.15) is 17.5 Å². The van der Waals surface area contributed by atoms with Crippen LogP contribution in [0.4, 0.5) is 32.0 Å². The second-order valence-electron chi connectivity index (χ2n) is 4.59. The van der Waals surface area contributed by atoms with Crippen LogP contribution in [0.25, 0.3) is 6.08 Å². The average Bonchev–Trinajstić information content (AvgIpc) is 2.60. The molecule has 128 valence electrons. The minimum atomic E-state index is -2.37. The van der Waals surface area contributed by atoms with E-state index in [0.717, 1.165) is 12.1 Å². The molecule has 2 aromatic rings. The van der Waals surface area contributed by atoms with Gasteiger partial charge >= 0.3 is 0 Å². The van der Waals surface area contributed by atoms with E-state index in [1.165, 1.54) is 18.2 Å². The molecule has 1 N–H and O–H groups in total. The number of benzene rings is 2. The van der Waals surface area contributed by atoms with Crippen LogP contribution < -0.4 is 5.32 Å². The van der Waals surface area contributed by atoms with Gasteiger partial charge in [-0.2, -0.15) is 5.26 Å². The van der Waals surface area contributed by atoms with Gasteiger partial charge in [-0.15, -0.1) is 0 Å². The molecule has 3 nitrogen and oxygen atoms in total. The van der Waals surface area contributed by atoms with Gasteiger partial charge in [0.05, 0.1) is 11.3 Å². The summed E-state index contributed by atoms with van der Waals surface area (Å²) in [4.78, 5) is 11.9. The average molecular weight is 356 g/mol. The van der Waals surface area contributed by atoms with Crippen molar-refractivity contribution in [1.82, 2.24) is 0 Å². The van der Waals surface area contributed by atoms with Crippen molar-refractivity contribution < 1.29 is 31.1 Å². The summed E-state index contributed by atoms with van der Waals surface area (Å²) in [6.07, 6.45) is 0.187. The maximum absolute atomic E-state index is 13.6. The molecule has 0 spiro atoms.